The smallest absolute Gasteiger partial charge is 0.185 e. The first-order valence-electron chi connectivity index (χ1n) is 34.2. The summed E-state index contributed by atoms with van der Waals surface area (Å²) in [5, 5.41) is 5.39. The van der Waals surface area contributed by atoms with Crippen LogP contribution in [0.15, 0.2) is 194 Å². The van der Waals surface area contributed by atoms with Crippen molar-refractivity contribution >= 4 is 68.8 Å². The van der Waals surface area contributed by atoms with E-state index < -0.39 is 14.1 Å². The van der Waals surface area contributed by atoms with Gasteiger partial charge in [0.1, 0.15) is 24.0 Å². The Morgan fingerprint density at radius 1 is 0.416 bits per heavy atom. The quantitative estimate of drug-likeness (QED) is 0.149. The summed E-state index contributed by atoms with van der Waals surface area (Å²) < 4.78 is 53.3. The van der Waals surface area contributed by atoms with E-state index in [4.69, 9.17) is 13.8 Å². The molecule has 0 amide bonds. The van der Waals surface area contributed by atoms with E-state index in [2.05, 4.69) is 284 Å². The molecule has 0 saturated heterocycles. The molecule has 1 aromatic heterocycles. The minimum absolute atomic E-state index is 0.0577. The summed E-state index contributed by atoms with van der Waals surface area (Å²) in [5.41, 5.74) is 19.6. The van der Waals surface area contributed by atoms with Crippen molar-refractivity contribution in [3.05, 3.63) is 239 Å². The van der Waals surface area contributed by atoms with E-state index in [1.54, 1.807) is 0 Å². The van der Waals surface area contributed by atoms with E-state index in [9.17, 15) is 2.74 Å². The molecule has 0 unspecified atom stereocenters. The van der Waals surface area contributed by atoms with Crippen molar-refractivity contribution in [1.29, 1.82) is 0 Å². The Hall–Kier alpha value is -8.45. The van der Waals surface area contributed by atoms with Crippen molar-refractivity contribution in [2.45, 2.75) is 152 Å². The molecule has 0 fully saturated rings. The van der Waals surface area contributed by atoms with Gasteiger partial charge in [-0.05, 0) is 184 Å². The molecular weight excluding hydrogens is 1100 g/mol. The maximum Gasteiger partial charge on any atom is 0.185 e. The van der Waals surface area contributed by atoms with Crippen LogP contribution < -0.4 is 40.2 Å². The average molecular weight is 1190 g/mol. The van der Waals surface area contributed by atoms with Crippen LogP contribution in [-0.2, 0) is 27.1 Å². The first kappa shape index (κ1) is 53.6. The monoisotopic (exact) mass is 1190 g/mol. The molecule has 0 radical (unpaired) electrons. The van der Waals surface area contributed by atoms with Gasteiger partial charge in [-0.3, -0.25) is 4.90 Å². The molecule has 0 saturated carbocycles. The molecule has 6 heteroatoms. The van der Waals surface area contributed by atoms with Crippen LogP contribution in [-0.4, -0.2) is 19.7 Å². The fourth-order valence-corrected chi connectivity index (χ4v) is 19.5. The molecule has 10 aromatic rings. The van der Waals surface area contributed by atoms with Gasteiger partial charge in [0.15, 0.2) is 8.07 Å². The van der Waals surface area contributed by atoms with Gasteiger partial charge in [-0.1, -0.05) is 231 Å². The number of aromatic nitrogens is 1. The van der Waals surface area contributed by atoms with Gasteiger partial charge in [-0.15, -0.1) is 0 Å². The lowest BCUT2D eigenvalue weighted by Gasteiger charge is -2.43. The number of fused-ring (bicyclic) bond motifs is 10. The summed E-state index contributed by atoms with van der Waals surface area (Å²) in [6.07, 6.45) is 1.96. The zero-order valence-electron chi connectivity index (χ0n) is 60.5. The van der Waals surface area contributed by atoms with Crippen LogP contribution in [0.25, 0.3) is 33.4 Å². The van der Waals surface area contributed by atoms with Gasteiger partial charge < -0.3 is 14.5 Å². The Morgan fingerprint density at radius 3 is 1.51 bits per heavy atom. The maximum atomic E-state index is 9.60. The van der Waals surface area contributed by atoms with Gasteiger partial charge in [-0.2, -0.15) is 0 Å². The van der Waals surface area contributed by atoms with Gasteiger partial charge in [0.25, 0.3) is 0 Å². The molecule has 3 aliphatic heterocycles. The number of rotatable bonds is 7. The Bertz CT molecular complexity index is 4660. The molecule has 1 spiro atoms. The third-order valence-corrected chi connectivity index (χ3v) is 24.3. The average Bonchev–Trinajstić information content (AvgIpc) is 1.44. The second kappa shape index (κ2) is 21.1. The molecule has 450 valence electrons. The Balaban J connectivity index is 0.986. The van der Waals surface area contributed by atoms with Crippen molar-refractivity contribution in [2.75, 3.05) is 21.4 Å². The summed E-state index contributed by atoms with van der Waals surface area (Å²) in [5.74, 6) is 2.20. The number of nitrogens with zero attached hydrogens (tertiary/aromatic N) is 4. The normalized spacial score (nSPS) is 15.2. The van der Waals surface area contributed by atoms with E-state index in [1.807, 2.05) is 19.2 Å². The topological polar surface area (TPSA) is 31.8 Å². The van der Waals surface area contributed by atoms with Crippen molar-refractivity contribution in [3.63, 3.8) is 0 Å². The van der Waals surface area contributed by atoms with Gasteiger partial charge in [0.05, 0.1) is 29.6 Å². The first-order chi connectivity index (χ1) is 44.1. The summed E-state index contributed by atoms with van der Waals surface area (Å²) in [4.78, 5) is 12.2. The molecule has 4 heterocycles. The number of hydrogen-bond donors (Lipinski definition) is 0. The minimum atomic E-state index is -3.08. The second-order valence-electron chi connectivity index (χ2n) is 30.3. The molecule has 9 aromatic carbocycles. The number of para-hydroxylation sites is 3. The van der Waals surface area contributed by atoms with Crippen molar-refractivity contribution < 1.29 is 11.6 Å². The van der Waals surface area contributed by atoms with Gasteiger partial charge in [0, 0.05) is 40.8 Å². The van der Waals surface area contributed by atoms with E-state index in [0.29, 0.717) is 23.7 Å². The van der Waals surface area contributed by atoms with E-state index in [0.717, 1.165) is 67.8 Å². The third kappa shape index (κ3) is 10.0. The summed E-state index contributed by atoms with van der Waals surface area (Å²) >= 11 is 0. The van der Waals surface area contributed by atoms with Crippen LogP contribution in [0.1, 0.15) is 155 Å². The molecule has 0 N–H and O–H groups in total. The van der Waals surface area contributed by atoms with Crippen LogP contribution in [0.5, 0.6) is 11.5 Å². The Labute approximate surface area is 539 Å². The highest BCUT2D eigenvalue weighted by Gasteiger charge is 2.55. The molecule has 13 rings (SSSR count). The molecule has 0 bridgehead atoms. The molecule has 0 atom stereocenters. The van der Waals surface area contributed by atoms with Crippen LogP contribution in [0.4, 0.5) is 39.9 Å². The van der Waals surface area contributed by atoms with Crippen molar-refractivity contribution in [2.24, 2.45) is 0 Å². The maximum absolute atomic E-state index is 9.60. The van der Waals surface area contributed by atoms with E-state index in [1.165, 1.54) is 59.7 Å². The lowest BCUT2D eigenvalue weighted by molar-refractivity contribution is 0.483. The largest absolute Gasteiger partial charge is 0.457 e. The van der Waals surface area contributed by atoms with Crippen LogP contribution in [0, 0.1) is 20.8 Å². The van der Waals surface area contributed by atoms with E-state index >= 15 is 0 Å². The van der Waals surface area contributed by atoms with Crippen LogP contribution in [0.3, 0.4) is 0 Å². The SMILES string of the molecule is [2H]c1c([2H])c([2H])c(-c2c(C)c(C)c(C)c(-c3cc(C(C)(C)C)cc(C(C)(C)C)c3)c2N2CN(c3cccc(Oc4ccc5c(c4)N(c4cc(C(C)(C)C)ccn4)c4ccccc4[Si]54c5ccc(C(C)(C)C)cc5-c5cc(C(C)(C)C)ccc54)c3)c3ccccc32)c([2H])c1[2H]. The second-order valence-corrected chi connectivity index (χ2v) is 34.0. The minimum Gasteiger partial charge on any atom is -0.457 e. The fraction of sp³-hybridized carbons (Fsp3) is 0.289. The number of anilines is 7. The van der Waals surface area contributed by atoms with Gasteiger partial charge in [0.2, 0.25) is 0 Å². The molecular formula is C83H88N4OSi. The van der Waals surface area contributed by atoms with Gasteiger partial charge in [-0.25, -0.2) is 4.98 Å². The number of ether oxygens (including phenoxy) is 1. The van der Waals surface area contributed by atoms with E-state index in [-0.39, 0.29) is 56.8 Å². The highest BCUT2D eigenvalue weighted by molar-refractivity contribution is 7.23. The fourth-order valence-electron chi connectivity index (χ4n) is 14.0. The lowest BCUT2D eigenvalue weighted by Crippen LogP contribution is -2.75. The number of benzene rings is 9. The predicted octanol–water partition coefficient (Wildman–Crippen LogP) is 20.0. The Morgan fingerprint density at radius 2 is 0.921 bits per heavy atom. The predicted molar refractivity (Wildman–Crippen MR) is 382 cm³/mol. The highest BCUT2D eigenvalue weighted by atomic mass is 28.3. The third-order valence-electron chi connectivity index (χ3n) is 19.3. The zero-order chi connectivity index (χ0) is 67.4. The standard InChI is InChI=1S/C83H88N4OSi/c1-52-53(2)76(55-27-20-19-21-28-55)78(77(54(52)3)56-43-60(82(13,14)15)45-61(44-56)83(16,17)18)86-51-85(67-31-22-23-32-68(67)86)62-29-26-30-63(49-62)88-64-37-40-74-70(50-64)87(75-48-59(41-42-84-75)81(10,11)12)69-33-24-25-34-73(69)89(74)71-38-35-57(79(4,5)6)46-65(71)66-47-58(80(7,8)9)36-39-72(66)89/h19-50H,51H2,1-18H3/i19D,20D,21D,27D,28D. The van der Waals surface area contributed by atoms with Crippen molar-refractivity contribution in [3.8, 4) is 44.9 Å². The first-order valence-corrected chi connectivity index (χ1v) is 33.7. The van der Waals surface area contributed by atoms with Gasteiger partial charge >= 0.3 is 0 Å². The molecule has 3 aliphatic rings. The van der Waals surface area contributed by atoms with Crippen LogP contribution in [0.2, 0.25) is 0 Å². The summed E-state index contributed by atoms with van der Waals surface area (Å²) in [6, 6.07) is 57.0. The summed E-state index contributed by atoms with van der Waals surface area (Å²) in [6.45, 7) is 40.8. The highest BCUT2D eigenvalue weighted by Crippen LogP contribution is 2.54. The Kier molecular flexibility index (Phi) is 12.7. The molecule has 89 heavy (non-hydrogen) atoms. The molecule has 0 aliphatic carbocycles. The molecule has 5 nitrogen and oxygen atoms in total. The van der Waals surface area contributed by atoms with Crippen LogP contribution >= 0.6 is 0 Å². The summed E-state index contributed by atoms with van der Waals surface area (Å²) in [7, 11) is -3.08. The zero-order valence-corrected chi connectivity index (χ0v) is 56.5. The lowest BCUT2D eigenvalue weighted by atomic mass is 9.77. The number of pyridine rings is 1. The van der Waals surface area contributed by atoms with Crippen molar-refractivity contribution in [1.82, 2.24) is 4.98 Å². The number of hydrogen-bond acceptors (Lipinski definition) is 5.